The number of carbonyl (C=O) groups is 2. The van der Waals surface area contributed by atoms with Crippen molar-refractivity contribution in [2.75, 3.05) is 25.0 Å². The molecule has 3 N–H and O–H groups in total. The van der Waals surface area contributed by atoms with E-state index in [0.29, 0.717) is 12.1 Å². The molecule has 1 spiro atoms. The van der Waals surface area contributed by atoms with Crippen LogP contribution in [0, 0.1) is 18.3 Å². The largest absolute Gasteiger partial charge is 0.352 e. The van der Waals surface area contributed by atoms with E-state index in [-0.39, 0.29) is 23.1 Å². The summed E-state index contributed by atoms with van der Waals surface area (Å²) in [4.78, 5) is 24.4. The summed E-state index contributed by atoms with van der Waals surface area (Å²) in [5.41, 5.74) is 2.59. The molecular weight excluding hydrogens is 290 g/mol. The number of hydrogen-bond acceptors (Lipinski definition) is 3. The third-order valence-electron chi connectivity index (χ3n) is 5.19. The molecule has 1 saturated heterocycles. The molecule has 1 saturated carbocycles. The normalized spacial score (nSPS) is 21.7. The number of amides is 2. The molecule has 23 heavy (non-hydrogen) atoms. The monoisotopic (exact) mass is 315 g/mol. The van der Waals surface area contributed by atoms with Crippen molar-refractivity contribution in [2.45, 2.75) is 33.1 Å². The van der Waals surface area contributed by atoms with Gasteiger partial charge >= 0.3 is 0 Å². The number of anilines is 1. The highest BCUT2D eigenvalue weighted by molar-refractivity contribution is 5.98. The molecule has 1 aromatic carbocycles. The standard InChI is InChI=1S/C18H25N3O2/c1-3-20-16(22)13-4-5-15(12(2)10-13)21-17(23)14-11-18(14)6-8-19-9-7-18/h4-5,10,14,19H,3,6-9,11H2,1-2H3,(H,20,22)(H,21,23). The lowest BCUT2D eigenvalue weighted by Gasteiger charge is -2.23. The number of nitrogens with one attached hydrogen (secondary N) is 3. The second-order valence-corrected chi connectivity index (χ2v) is 6.75. The number of carbonyl (C=O) groups excluding carboxylic acids is 2. The van der Waals surface area contributed by atoms with E-state index < -0.39 is 0 Å². The first-order chi connectivity index (χ1) is 11.1. The Bertz CT molecular complexity index is 621. The molecule has 0 aromatic heterocycles. The van der Waals surface area contributed by atoms with E-state index in [9.17, 15) is 9.59 Å². The summed E-state index contributed by atoms with van der Waals surface area (Å²) in [5, 5.41) is 9.19. The maximum absolute atomic E-state index is 12.5. The lowest BCUT2D eigenvalue weighted by molar-refractivity contribution is -0.118. The zero-order chi connectivity index (χ0) is 16.4. The van der Waals surface area contributed by atoms with Crippen molar-refractivity contribution in [2.24, 2.45) is 11.3 Å². The molecule has 0 bridgehead atoms. The molecule has 1 unspecified atom stereocenters. The van der Waals surface area contributed by atoms with Gasteiger partial charge in [0.1, 0.15) is 0 Å². The molecule has 5 heteroatoms. The van der Waals surface area contributed by atoms with Crippen LogP contribution in [0.15, 0.2) is 18.2 Å². The predicted octanol–water partition coefficient (Wildman–Crippen LogP) is 2.07. The molecule has 2 aliphatic rings. The third kappa shape index (κ3) is 3.24. The van der Waals surface area contributed by atoms with Crippen LogP contribution < -0.4 is 16.0 Å². The zero-order valence-corrected chi connectivity index (χ0v) is 13.9. The van der Waals surface area contributed by atoms with Gasteiger partial charge in [-0.05, 0) is 75.4 Å². The Morgan fingerprint density at radius 1 is 1.30 bits per heavy atom. The molecule has 1 heterocycles. The Labute approximate surface area is 137 Å². The Balaban J connectivity index is 1.64. The third-order valence-corrected chi connectivity index (χ3v) is 5.19. The Hall–Kier alpha value is -1.88. The number of benzene rings is 1. The fourth-order valence-electron chi connectivity index (χ4n) is 3.62. The summed E-state index contributed by atoms with van der Waals surface area (Å²) in [7, 11) is 0. The molecular formula is C18H25N3O2. The maximum Gasteiger partial charge on any atom is 0.251 e. The van der Waals surface area contributed by atoms with E-state index in [1.54, 1.807) is 6.07 Å². The van der Waals surface area contributed by atoms with E-state index in [4.69, 9.17) is 0 Å². The minimum atomic E-state index is -0.0793. The first-order valence-electron chi connectivity index (χ1n) is 8.46. The van der Waals surface area contributed by atoms with Crippen molar-refractivity contribution in [1.29, 1.82) is 0 Å². The van der Waals surface area contributed by atoms with Crippen LogP contribution in [0.25, 0.3) is 0 Å². The van der Waals surface area contributed by atoms with E-state index in [1.807, 2.05) is 26.0 Å². The molecule has 124 valence electrons. The highest BCUT2D eigenvalue weighted by atomic mass is 16.2. The van der Waals surface area contributed by atoms with Crippen LogP contribution in [0.2, 0.25) is 0 Å². The van der Waals surface area contributed by atoms with Crippen LogP contribution in [0.1, 0.15) is 42.1 Å². The molecule has 1 aromatic rings. The highest BCUT2D eigenvalue weighted by Crippen LogP contribution is 2.58. The lowest BCUT2D eigenvalue weighted by Crippen LogP contribution is -2.31. The van der Waals surface area contributed by atoms with Gasteiger partial charge in [0.05, 0.1) is 0 Å². The summed E-state index contributed by atoms with van der Waals surface area (Å²) < 4.78 is 0. The molecule has 2 fully saturated rings. The molecule has 0 radical (unpaired) electrons. The van der Waals surface area contributed by atoms with E-state index in [1.165, 1.54) is 0 Å². The van der Waals surface area contributed by atoms with Crippen LogP contribution in [-0.4, -0.2) is 31.4 Å². The van der Waals surface area contributed by atoms with E-state index >= 15 is 0 Å². The molecule has 1 aliphatic carbocycles. The van der Waals surface area contributed by atoms with Crippen molar-refractivity contribution in [1.82, 2.24) is 10.6 Å². The van der Waals surface area contributed by atoms with Crippen LogP contribution >= 0.6 is 0 Å². The molecule has 3 rings (SSSR count). The molecule has 1 aliphatic heterocycles. The summed E-state index contributed by atoms with van der Waals surface area (Å²) in [6, 6.07) is 5.42. The molecule has 5 nitrogen and oxygen atoms in total. The van der Waals surface area contributed by atoms with Crippen LogP contribution in [-0.2, 0) is 4.79 Å². The summed E-state index contributed by atoms with van der Waals surface area (Å²) in [5.74, 6) is 0.192. The van der Waals surface area contributed by atoms with Gasteiger partial charge < -0.3 is 16.0 Å². The van der Waals surface area contributed by atoms with Gasteiger partial charge in [-0.15, -0.1) is 0 Å². The summed E-state index contributed by atoms with van der Waals surface area (Å²) in [6.45, 7) is 6.46. The smallest absolute Gasteiger partial charge is 0.251 e. The van der Waals surface area contributed by atoms with Crippen molar-refractivity contribution in [3.8, 4) is 0 Å². The van der Waals surface area contributed by atoms with Crippen LogP contribution in [0.4, 0.5) is 5.69 Å². The van der Waals surface area contributed by atoms with Crippen LogP contribution in [0.5, 0.6) is 0 Å². The Morgan fingerprint density at radius 3 is 2.70 bits per heavy atom. The first-order valence-corrected chi connectivity index (χ1v) is 8.46. The van der Waals surface area contributed by atoms with Gasteiger partial charge in [-0.3, -0.25) is 9.59 Å². The molecule has 1 atom stereocenters. The Kier molecular flexibility index (Phi) is 4.39. The predicted molar refractivity (Wildman–Crippen MR) is 90.5 cm³/mol. The highest BCUT2D eigenvalue weighted by Gasteiger charge is 2.57. The number of hydrogen-bond donors (Lipinski definition) is 3. The van der Waals surface area contributed by atoms with Crippen molar-refractivity contribution >= 4 is 17.5 Å². The number of aryl methyl sites for hydroxylation is 1. The zero-order valence-electron chi connectivity index (χ0n) is 13.9. The molecule has 2 amide bonds. The average Bonchev–Trinajstić information content (AvgIpc) is 3.23. The number of piperidine rings is 1. The Morgan fingerprint density at radius 2 is 2.04 bits per heavy atom. The minimum absolute atomic E-state index is 0.0793. The fourth-order valence-corrected chi connectivity index (χ4v) is 3.62. The van der Waals surface area contributed by atoms with E-state index in [0.717, 1.165) is 43.6 Å². The minimum Gasteiger partial charge on any atom is -0.352 e. The second-order valence-electron chi connectivity index (χ2n) is 6.75. The summed E-state index contributed by atoms with van der Waals surface area (Å²) >= 11 is 0. The van der Waals surface area contributed by atoms with Gasteiger partial charge in [-0.25, -0.2) is 0 Å². The lowest BCUT2D eigenvalue weighted by atomic mass is 9.91. The second kappa shape index (κ2) is 6.32. The van der Waals surface area contributed by atoms with Gasteiger partial charge in [0.2, 0.25) is 5.91 Å². The van der Waals surface area contributed by atoms with Gasteiger partial charge in [0, 0.05) is 23.7 Å². The van der Waals surface area contributed by atoms with Crippen molar-refractivity contribution < 1.29 is 9.59 Å². The van der Waals surface area contributed by atoms with Crippen molar-refractivity contribution in [3.05, 3.63) is 29.3 Å². The van der Waals surface area contributed by atoms with Gasteiger partial charge in [0.25, 0.3) is 5.91 Å². The van der Waals surface area contributed by atoms with Gasteiger partial charge in [0.15, 0.2) is 0 Å². The van der Waals surface area contributed by atoms with Crippen molar-refractivity contribution in [3.63, 3.8) is 0 Å². The average molecular weight is 315 g/mol. The van der Waals surface area contributed by atoms with Gasteiger partial charge in [-0.1, -0.05) is 0 Å². The number of rotatable bonds is 4. The fraction of sp³-hybridized carbons (Fsp3) is 0.556. The first kappa shape index (κ1) is 16.0. The SMILES string of the molecule is CCNC(=O)c1ccc(NC(=O)C2CC23CCNCC3)c(C)c1. The van der Waals surface area contributed by atoms with Gasteiger partial charge in [-0.2, -0.15) is 0 Å². The maximum atomic E-state index is 12.5. The quantitative estimate of drug-likeness (QED) is 0.796. The van der Waals surface area contributed by atoms with Crippen LogP contribution in [0.3, 0.4) is 0 Å². The van der Waals surface area contributed by atoms with E-state index in [2.05, 4.69) is 16.0 Å². The summed E-state index contributed by atoms with van der Waals surface area (Å²) in [6.07, 6.45) is 3.21. The topological polar surface area (TPSA) is 70.2 Å².